The van der Waals surface area contributed by atoms with Gasteiger partial charge in [-0.1, -0.05) is 11.8 Å². The number of carbonyl (C=O) groups is 3. The Hall–Kier alpha value is -1.89. The standard InChI is InChI=1S/C13H13FN2O3S/c1-8-6-9(2-3-10(8)14)12(18)15-4-5-16-11(17)7-20-13(16)19/h2-3,6H,4-5,7H2,1H3,(H,15,18). The van der Waals surface area contributed by atoms with Crippen molar-refractivity contribution in [1.82, 2.24) is 10.2 Å². The van der Waals surface area contributed by atoms with Gasteiger partial charge < -0.3 is 5.32 Å². The second-order valence-corrected chi connectivity index (χ2v) is 5.25. The third-order valence-corrected chi connectivity index (χ3v) is 3.74. The van der Waals surface area contributed by atoms with E-state index in [1.54, 1.807) is 6.92 Å². The van der Waals surface area contributed by atoms with Crippen molar-refractivity contribution in [3.8, 4) is 0 Å². The molecule has 0 atom stereocenters. The lowest BCUT2D eigenvalue weighted by molar-refractivity contribution is -0.124. The van der Waals surface area contributed by atoms with E-state index in [4.69, 9.17) is 0 Å². The number of nitrogens with zero attached hydrogens (tertiary/aromatic N) is 1. The number of carbonyl (C=O) groups excluding carboxylic acids is 3. The molecular formula is C13H13FN2O3S. The van der Waals surface area contributed by atoms with E-state index in [2.05, 4.69) is 5.32 Å². The van der Waals surface area contributed by atoms with Gasteiger partial charge in [-0.2, -0.15) is 0 Å². The molecule has 5 nitrogen and oxygen atoms in total. The van der Waals surface area contributed by atoms with Gasteiger partial charge in [-0.15, -0.1) is 0 Å². The van der Waals surface area contributed by atoms with Crippen molar-refractivity contribution < 1.29 is 18.8 Å². The lowest BCUT2D eigenvalue weighted by Gasteiger charge is -2.13. The lowest BCUT2D eigenvalue weighted by atomic mass is 10.1. The van der Waals surface area contributed by atoms with Crippen molar-refractivity contribution in [2.24, 2.45) is 0 Å². The highest BCUT2D eigenvalue weighted by atomic mass is 32.2. The third kappa shape index (κ3) is 3.16. The minimum Gasteiger partial charge on any atom is -0.350 e. The van der Waals surface area contributed by atoms with Crippen LogP contribution in [0.1, 0.15) is 15.9 Å². The summed E-state index contributed by atoms with van der Waals surface area (Å²) in [6.07, 6.45) is 0. The van der Waals surface area contributed by atoms with Gasteiger partial charge in [0.05, 0.1) is 5.75 Å². The SMILES string of the molecule is Cc1cc(C(=O)NCCN2C(=O)CSC2=O)ccc1F. The van der Waals surface area contributed by atoms with Crippen LogP contribution in [0.15, 0.2) is 18.2 Å². The van der Waals surface area contributed by atoms with E-state index in [-0.39, 0.29) is 41.7 Å². The maximum Gasteiger partial charge on any atom is 0.288 e. The summed E-state index contributed by atoms with van der Waals surface area (Å²) >= 11 is 0.955. The number of aryl methyl sites for hydroxylation is 1. The van der Waals surface area contributed by atoms with Crippen LogP contribution in [0.3, 0.4) is 0 Å². The van der Waals surface area contributed by atoms with E-state index in [0.29, 0.717) is 11.1 Å². The summed E-state index contributed by atoms with van der Waals surface area (Å²) in [4.78, 5) is 35.6. The predicted molar refractivity (Wildman–Crippen MR) is 73.0 cm³/mol. The number of halogens is 1. The van der Waals surface area contributed by atoms with E-state index >= 15 is 0 Å². The van der Waals surface area contributed by atoms with Crippen LogP contribution in [0.25, 0.3) is 0 Å². The fourth-order valence-electron chi connectivity index (χ4n) is 1.77. The fraction of sp³-hybridized carbons (Fsp3) is 0.308. The molecule has 1 saturated heterocycles. The van der Waals surface area contributed by atoms with Gasteiger partial charge in [-0.3, -0.25) is 19.3 Å². The second kappa shape index (κ2) is 6.04. The first-order chi connectivity index (χ1) is 9.49. The minimum atomic E-state index is -0.369. The molecule has 2 rings (SSSR count). The molecule has 0 saturated carbocycles. The lowest BCUT2D eigenvalue weighted by Crippen LogP contribution is -2.37. The van der Waals surface area contributed by atoms with E-state index in [9.17, 15) is 18.8 Å². The number of benzene rings is 1. The van der Waals surface area contributed by atoms with Crippen molar-refractivity contribution in [2.75, 3.05) is 18.8 Å². The first-order valence-corrected chi connectivity index (χ1v) is 6.99. The van der Waals surface area contributed by atoms with Crippen LogP contribution in [0.5, 0.6) is 0 Å². The van der Waals surface area contributed by atoms with Crippen molar-refractivity contribution in [3.05, 3.63) is 35.1 Å². The van der Waals surface area contributed by atoms with Gasteiger partial charge in [0.2, 0.25) is 5.91 Å². The summed E-state index contributed by atoms with van der Waals surface area (Å²) in [5.74, 6) is -0.817. The van der Waals surface area contributed by atoms with E-state index in [1.165, 1.54) is 18.2 Å². The molecule has 0 spiro atoms. The van der Waals surface area contributed by atoms with Gasteiger partial charge in [-0.05, 0) is 30.7 Å². The molecule has 1 aromatic carbocycles. The number of amides is 3. The maximum atomic E-state index is 13.1. The van der Waals surface area contributed by atoms with Gasteiger partial charge in [0.25, 0.3) is 11.1 Å². The fourth-order valence-corrected chi connectivity index (χ4v) is 2.52. The molecule has 3 amide bonds. The molecule has 1 fully saturated rings. The number of hydrogen-bond donors (Lipinski definition) is 1. The molecule has 0 unspecified atom stereocenters. The van der Waals surface area contributed by atoms with Gasteiger partial charge >= 0.3 is 0 Å². The average molecular weight is 296 g/mol. The number of hydrogen-bond acceptors (Lipinski definition) is 4. The van der Waals surface area contributed by atoms with E-state index < -0.39 is 0 Å². The monoisotopic (exact) mass is 296 g/mol. The van der Waals surface area contributed by atoms with Crippen LogP contribution in [0.2, 0.25) is 0 Å². The molecule has 1 aliphatic heterocycles. The minimum absolute atomic E-state index is 0.149. The number of thioether (sulfide) groups is 1. The Morgan fingerprint density at radius 3 is 2.80 bits per heavy atom. The van der Waals surface area contributed by atoms with E-state index in [1.807, 2.05) is 0 Å². The smallest absolute Gasteiger partial charge is 0.288 e. The Balaban J connectivity index is 1.87. The van der Waals surface area contributed by atoms with Gasteiger partial charge in [-0.25, -0.2) is 4.39 Å². The summed E-state index contributed by atoms with van der Waals surface area (Å²) in [6, 6.07) is 4.07. The Labute approximate surface area is 119 Å². The Kier molecular flexibility index (Phi) is 4.39. The van der Waals surface area contributed by atoms with Crippen LogP contribution >= 0.6 is 11.8 Å². The highest BCUT2D eigenvalue weighted by molar-refractivity contribution is 8.14. The topological polar surface area (TPSA) is 66.5 Å². The molecule has 7 heteroatoms. The van der Waals surface area contributed by atoms with Crippen LogP contribution < -0.4 is 5.32 Å². The third-order valence-electron chi connectivity index (χ3n) is 2.88. The van der Waals surface area contributed by atoms with Gasteiger partial charge in [0.1, 0.15) is 5.82 Å². The van der Waals surface area contributed by atoms with Gasteiger partial charge in [0.15, 0.2) is 0 Å². The summed E-state index contributed by atoms with van der Waals surface area (Å²) in [6.45, 7) is 1.90. The highest BCUT2D eigenvalue weighted by Gasteiger charge is 2.29. The predicted octanol–water partition coefficient (Wildman–Crippen LogP) is 1.56. The normalized spacial score (nSPS) is 14.8. The summed E-state index contributed by atoms with van der Waals surface area (Å²) < 4.78 is 13.1. The molecule has 20 heavy (non-hydrogen) atoms. The molecule has 0 aliphatic carbocycles. The molecule has 1 aliphatic rings. The molecule has 0 bridgehead atoms. The van der Waals surface area contributed by atoms with Crippen molar-refractivity contribution in [3.63, 3.8) is 0 Å². The molecular weight excluding hydrogens is 283 g/mol. The molecule has 1 N–H and O–H groups in total. The zero-order valence-corrected chi connectivity index (χ0v) is 11.6. The van der Waals surface area contributed by atoms with Crippen LogP contribution in [-0.4, -0.2) is 40.8 Å². The molecule has 0 aromatic heterocycles. The molecule has 106 valence electrons. The quantitative estimate of drug-likeness (QED) is 0.915. The summed E-state index contributed by atoms with van der Waals surface area (Å²) in [7, 11) is 0. The highest BCUT2D eigenvalue weighted by Crippen LogP contribution is 2.17. The van der Waals surface area contributed by atoms with Crippen LogP contribution in [-0.2, 0) is 4.79 Å². The summed E-state index contributed by atoms with van der Waals surface area (Å²) in [5.41, 5.74) is 0.733. The number of imide groups is 1. The summed E-state index contributed by atoms with van der Waals surface area (Å²) in [5, 5.41) is 2.31. The van der Waals surface area contributed by atoms with Crippen molar-refractivity contribution >= 4 is 28.8 Å². The largest absolute Gasteiger partial charge is 0.350 e. The molecule has 1 aromatic rings. The van der Waals surface area contributed by atoms with Crippen LogP contribution in [0, 0.1) is 12.7 Å². The maximum absolute atomic E-state index is 13.1. The zero-order valence-electron chi connectivity index (χ0n) is 10.8. The van der Waals surface area contributed by atoms with E-state index in [0.717, 1.165) is 16.7 Å². The Bertz CT molecular complexity index is 561. The first kappa shape index (κ1) is 14.5. The van der Waals surface area contributed by atoms with Crippen molar-refractivity contribution in [2.45, 2.75) is 6.92 Å². The first-order valence-electron chi connectivity index (χ1n) is 6.00. The average Bonchev–Trinajstić information content (AvgIpc) is 2.73. The Morgan fingerprint density at radius 1 is 1.45 bits per heavy atom. The van der Waals surface area contributed by atoms with Crippen LogP contribution in [0.4, 0.5) is 9.18 Å². The van der Waals surface area contributed by atoms with Gasteiger partial charge in [0, 0.05) is 18.7 Å². The number of nitrogens with one attached hydrogen (secondary N) is 1. The number of rotatable bonds is 4. The Morgan fingerprint density at radius 2 is 2.20 bits per heavy atom. The van der Waals surface area contributed by atoms with Crippen molar-refractivity contribution in [1.29, 1.82) is 0 Å². The molecule has 1 heterocycles. The second-order valence-electron chi connectivity index (χ2n) is 4.32. The molecule has 0 radical (unpaired) electrons. The zero-order chi connectivity index (χ0) is 14.7.